The summed E-state index contributed by atoms with van der Waals surface area (Å²) < 4.78 is 35.3. The number of nitrogens with zero attached hydrogens (tertiary/aromatic N) is 2. The molecule has 3 fully saturated rings. The van der Waals surface area contributed by atoms with Gasteiger partial charge in [-0.25, -0.2) is 4.79 Å². The zero-order chi connectivity index (χ0) is 18.6. The van der Waals surface area contributed by atoms with Crippen molar-refractivity contribution in [1.29, 1.82) is 0 Å². The lowest BCUT2D eigenvalue weighted by atomic mass is 9.85. The van der Waals surface area contributed by atoms with E-state index in [2.05, 4.69) is 15.1 Å². The van der Waals surface area contributed by atoms with Crippen molar-refractivity contribution in [2.24, 2.45) is 11.3 Å². The average Bonchev–Trinajstić information content (AvgIpc) is 3.22. The lowest BCUT2D eigenvalue weighted by Crippen LogP contribution is -2.56. The van der Waals surface area contributed by atoms with Crippen molar-refractivity contribution in [2.75, 3.05) is 6.54 Å². The first-order valence-electron chi connectivity index (χ1n) is 7.91. The van der Waals surface area contributed by atoms with E-state index in [4.69, 9.17) is 4.55 Å². The summed E-state index contributed by atoms with van der Waals surface area (Å²) in [5.74, 6) is -1.24. The quantitative estimate of drug-likeness (QED) is 0.429. The summed E-state index contributed by atoms with van der Waals surface area (Å²) in [4.78, 5) is 37.6. The van der Waals surface area contributed by atoms with Crippen LogP contribution in [0, 0.1) is 11.3 Å². The van der Waals surface area contributed by atoms with Crippen LogP contribution in [0.2, 0.25) is 0 Å². The van der Waals surface area contributed by atoms with E-state index in [9.17, 15) is 22.8 Å². The van der Waals surface area contributed by atoms with Crippen molar-refractivity contribution in [3.05, 3.63) is 0 Å². The van der Waals surface area contributed by atoms with Crippen LogP contribution < -0.4 is 10.9 Å². The van der Waals surface area contributed by atoms with Crippen molar-refractivity contribution in [3.63, 3.8) is 0 Å². The second-order valence-electron chi connectivity index (χ2n) is 6.99. The van der Waals surface area contributed by atoms with E-state index >= 15 is 0 Å². The van der Waals surface area contributed by atoms with Gasteiger partial charge in [0.2, 0.25) is 5.91 Å². The molecular formula is C13H20N4O7S. The molecule has 1 spiro atoms. The molecule has 0 unspecified atom stereocenters. The molecule has 11 nitrogen and oxygen atoms in total. The minimum Gasteiger partial charge on any atom is -0.309 e. The Morgan fingerprint density at radius 1 is 1.32 bits per heavy atom. The fourth-order valence-electron chi connectivity index (χ4n) is 3.40. The third-order valence-electron chi connectivity index (χ3n) is 4.97. The van der Waals surface area contributed by atoms with Crippen molar-refractivity contribution in [2.45, 2.75) is 45.2 Å². The molecule has 0 aromatic carbocycles. The van der Waals surface area contributed by atoms with Gasteiger partial charge < -0.3 is 4.90 Å². The number of nitrogens with one attached hydrogen (secondary N) is 2. The van der Waals surface area contributed by atoms with Crippen LogP contribution in [0.5, 0.6) is 0 Å². The molecule has 3 rings (SSSR count). The van der Waals surface area contributed by atoms with Crippen molar-refractivity contribution in [1.82, 2.24) is 20.8 Å². The molecule has 0 aromatic rings. The van der Waals surface area contributed by atoms with Crippen LogP contribution in [-0.4, -0.2) is 59.4 Å². The Bertz CT molecular complexity index is 718. The standard InChI is InChI=1S/C13H20N4O7S/c1-7(2)10(18)14-15-11(19)8-5-13(3-4-13)9-6-16(8)12(20)17(9)24-25(21,22)23/h7-9H,3-6H2,1-2H3,(H,14,18)(H,15,19)(H,21,22,23)/t8-,9-/m0/s1. The Balaban J connectivity index is 1.75. The number of carbonyl (C=O) groups excluding carboxylic acids is 3. The molecule has 12 heteroatoms. The smallest absolute Gasteiger partial charge is 0.309 e. The fourth-order valence-corrected chi connectivity index (χ4v) is 3.77. The first-order valence-corrected chi connectivity index (χ1v) is 9.27. The number of amides is 4. The Hall–Kier alpha value is -1.92. The van der Waals surface area contributed by atoms with Crippen LogP contribution in [0.3, 0.4) is 0 Å². The van der Waals surface area contributed by atoms with Crippen molar-refractivity contribution in [3.8, 4) is 0 Å². The number of carbonyl (C=O) groups is 3. The highest BCUT2D eigenvalue weighted by atomic mass is 32.3. The molecule has 1 aliphatic carbocycles. The number of fused-ring (bicyclic) bond motifs is 3. The van der Waals surface area contributed by atoms with Crippen LogP contribution in [0.4, 0.5) is 4.79 Å². The number of hydroxylamine groups is 2. The van der Waals surface area contributed by atoms with Gasteiger partial charge >= 0.3 is 16.4 Å². The summed E-state index contributed by atoms with van der Waals surface area (Å²) in [6.07, 6.45) is 1.76. The Morgan fingerprint density at radius 3 is 2.48 bits per heavy atom. The van der Waals surface area contributed by atoms with Gasteiger partial charge in [0, 0.05) is 12.5 Å². The van der Waals surface area contributed by atoms with Gasteiger partial charge in [-0.1, -0.05) is 13.8 Å². The highest BCUT2D eigenvalue weighted by Gasteiger charge is 2.65. The molecule has 0 aromatic heterocycles. The second-order valence-corrected chi connectivity index (χ2v) is 8.00. The van der Waals surface area contributed by atoms with Crippen molar-refractivity contribution < 1.29 is 31.6 Å². The molecule has 2 saturated heterocycles. The molecule has 2 aliphatic heterocycles. The van der Waals surface area contributed by atoms with Crippen LogP contribution in [0.1, 0.15) is 33.1 Å². The molecule has 2 bridgehead atoms. The normalized spacial score (nSPS) is 27.0. The molecule has 4 amide bonds. The third kappa shape index (κ3) is 3.28. The van der Waals surface area contributed by atoms with E-state index in [1.54, 1.807) is 13.8 Å². The number of piperidine rings is 1. The summed E-state index contributed by atoms with van der Waals surface area (Å²) in [6.45, 7) is 3.45. The maximum Gasteiger partial charge on any atom is 0.418 e. The third-order valence-corrected chi connectivity index (χ3v) is 5.32. The van der Waals surface area contributed by atoms with Gasteiger partial charge in [0.25, 0.3) is 5.91 Å². The minimum absolute atomic E-state index is 0.116. The molecule has 140 valence electrons. The van der Waals surface area contributed by atoms with Crippen molar-refractivity contribution >= 4 is 28.2 Å². The van der Waals surface area contributed by atoms with Crippen LogP contribution in [-0.2, 0) is 24.3 Å². The van der Waals surface area contributed by atoms with E-state index in [1.807, 2.05) is 0 Å². The summed E-state index contributed by atoms with van der Waals surface area (Å²) in [7, 11) is -4.85. The van der Waals surface area contributed by atoms with Gasteiger partial charge in [-0.2, -0.15) is 13.5 Å². The number of hydrogen-bond acceptors (Lipinski definition) is 6. The number of rotatable bonds is 4. The van der Waals surface area contributed by atoms with Gasteiger partial charge in [0.15, 0.2) is 0 Å². The second kappa shape index (κ2) is 5.81. The van der Waals surface area contributed by atoms with E-state index in [0.717, 1.165) is 0 Å². The Labute approximate surface area is 144 Å². The Morgan fingerprint density at radius 2 is 1.96 bits per heavy atom. The Kier molecular flexibility index (Phi) is 4.16. The van der Waals surface area contributed by atoms with Gasteiger partial charge in [0.1, 0.15) is 6.04 Å². The summed E-state index contributed by atoms with van der Waals surface area (Å²) in [5.41, 5.74) is 4.18. The topological polar surface area (TPSA) is 145 Å². The first kappa shape index (κ1) is 17.9. The predicted molar refractivity (Wildman–Crippen MR) is 81.6 cm³/mol. The number of hydrazine groups is 1. The molecule has 3 aliphatic rings. The maximum atomic E-state index is 12.4. The highest BCUT2D eigenvalue weighted by Crippen LogP contribution is 2.59. The molecular weight excluding hydrogens is 356 g/mol. The zero-order valence-corrected chi connectivity index (χ0v) is 14.6. The number of hydrogen-bond donors (Lipinski definition) is 3. The SMILES string of the molecule is CC(C)C(=O)NNC(=O)[C@@H]1CC2(CC2)[C@@H]2CN1C(=O)N2OS(=O)(=O)O. The lowest BCUT2D eigenvalue weighted by Gasteiger charge is -2.35. The summed E-state index contributed by atoms with van der Waals surface area (Å²) in [5, 5.41) is 0.641. The average molecular weight is 376 g/mol. The fraction of sp³-hybridized carbons (Fsp3) is 0.769. The van der Waals surface area contributed by atoms with Gasteiger partial charge in [0.05, 0.1) is 6.04 Å². The van der Waals surface area contributed by atoms with Crippen LogP contribution >= 0.6 is 0 Å². The largest absolute Gasteiger partial charge is 0.418 e. The van der Waals surface area contributed by atoms with Crippen LogP contribution in [0.15, 0.2) is 0 Å². The van der Waals surface area contributed by atoms with E-state index in [0.29, 0.717) is 24.3 Å². The van der Waals surface area contributed by atoms with Crippen LogP contribution in [0.25, 0.3) is 0 Å². The minimum atomic E-state index is -4.85. The summed E-state index contributed by atoms with van der Waals surface area (Å²) >= 11 is 0. The number of urea groups is 1. The van der Waals surface area contributed by atoms with E-state index in [-0.39, 0.29) is 18.4 Å². The van der Waals surface area contributed by atoms with E-state index in [1.165, 1.54) is 4.90 Å². The molecule has 2 atom stereocenters. The first-order chi connectivity index (χ1) is 11.5. The highest BCUT2D eigenvalue weighted by molar-refractivity contribution is 7.80. The molecule has 2 heterocycles. The zero-order valence-electron chi connectivity index (χ0n) is 13.8. The maximum absolute atomic E-state index is 12.4. The lowest BCUT2D eigenvalue weighted by molar-refractivity contribution is -0.133. The van der Waals surface area contributed by atoms with Gasteiger partial charge in [-0.05, 0) is 24.7 Å². The molecule has 25 heavy (non-hydrogen) atoms. The molecule has 1 saturated carbocycles. The predicted octanol–water partition coefficient (Wildman–Crippen LogP) is -0.817. The van der Waals surface area contributed by atoms with Gasteiger partial charge in [-0.15, -0.1) is 4.28 Å². The monoisotopic (exact) mass is 376 g/mol. The molecule has 3 N–H and O–H groups in total. The molecule has 0 radical (unpaired) electrons. The van der Waals surface area contributed by atoms with Gasteiger partial charge in [-0.3, -0.25) is 25.0 Å². The van der Waals surface area contributed by atoms with E-state index < -0.39 is 39.8 Å². The summed E-state index contributed by atoms with van der Waals surface area (Å²) in [6, 6.07) is -2.20.